The first-order chi connectivity index (χ1) is 8.35. The molecule has 0 saturated carbocycles. The molecular weight excluding hydrogens is 276 g/mol. The van der Waals surface area contributed by atoms with E-state index in [4.69, 9.17) is 11.6 Å². The van der Waals surface area contributed by atoms with Gasteiger partial charge in [-0.15, -0.1) is 0 Å². The number of hydrogen-bond acceptors (Lipinski definition) is 3. The van der Waals surface area contributed by atoms with Crippen molar-refractivity contribution in [2.24, 2.45) is 0 Å². The summed E-state index contributed by atoms with van der Waals surface area (Å²) >= 11 is 5.77. The van der Waals surface area contributed by atoms with E-state index >= 15 is 0 Å². The van der Waals surface area contributed by atoms with Gasteiger partial charge < -0.3 is 5.32 Å². The molecule has 0 atom stereocenters. The second kappa shape index (κ2) is 6.17. The molecule has 5 nitrogen and oxygen atoms in total. The molecule has 1 aromatic rings. The third-order valence-electron chi connectivity index (χ3n) is 2.31. The number of carbonyl (C=O) groups excluding carboxylic acids is 1. The van der Waals surface area contributed by atoms with E-state index in [2.05, 4.69) is 5.32 Å². The van der Waals surface area contributed by atoms with Gasteiger partial charge in [0.15, 0.2) is 0 Å². The van der Waals surface area contributed by atoms with Crippen molar-refractivity contribution in [1.82, 2.24) is 4.31 Å². The number of benzene rings is 1. The van der Waals surface area contributed by atoms with Crippen molar-refractivity contribution < 1.29 is 13.2 Å². The molecule has 0 spiro atoms. The molecule has 18 heavy (non-hydrogen) atoms. The van der Waals surface area contributed by atoms with Crippen LogP contribution in [0, 0.1) is 0 Å². The van der Waals surface area contributed by atoms with Crippen molar-refractivity contribution in [2.45, 2.75) is 6.92 Å². The highest BCUT2D eigenvalue weighted by Gasteiger charge is 2.18. The molecule has 1 amide bonds. The van der Waals surface area contributed by atoms with Crippen LogP contribution >= 0.6 is 11.6 Å². The number of amides is 1. The van der Waals surface area contributed by atoms with Crippen LogP contribution in [0.15, 0.2) is 24.3 Å². The first-order valence-corrected chi connectivity index (χ1v) is 7.33. The van der Waals surface area contributed by atoms with Gasteiger partial charge in [0.05, 0.1) is 12.3 Å². The van der Waals surface area contributed by atoms with Gasteiger partial charge in [-0.05, 0) is 25.1 Å². The Balaban J connectivity index is 2.63. The number of nitrogens with one attached hydrogen (secondary N) is 1. The Hall–Kier alpha value is -1.11. The predicted octanol–water partition coefficient (Wildman–Crippen LogP) is 1.56. The lowest BCUT2D eigenvalue weighted by atomic mass is 10.3. The average molecular weight is 291 g/mol. The molecule has 1 aromatic carbocycles. The summed E-state index contributed by atoms with van der Waals surface area (Å²) in [6.07, 6.45) is 0. The Kier molecular flexibility index (Phi) is 5.13. The van der Waals surface area contributed by atoms with E-state index in [-0.39, 0.29) is 12.3 Å². The van der Waals surface area contributed by atoms with Crippen molar-refractivity contribution in [1.29, 1.82) is 0 Å². The minimum atomic E-state index is -3.35. The molecule has 0 aliphatic carbocycles. The lowest BCUT2D eigenvalue weighted by Crippen LogP contribution is -2.35. The van der Waals surface area contributed by atoms with Gasteiger partial charge in [0.1, 0.15) is 0 Å². The third-order valence-corrected chi connectivity index (χ3v) is 4.36. The number of anilines is 1. The van der Waals surface area contributed by atoms with E-state index in [1.54, 1.807) is 24.3 Å². The summed E-state index contributed by atoms with van der Waals surface area (Å²) in [6.45, 7) is 1.31. The molecule has 100 valence electrons. The monoisotopic (exact) mass is 290 g/mol. The van der Waals surface area contributed by atoms with Crippen molar-refractivity contribution in [3.63, 3.8) is 0 Å². The molecule has 0 unspecified atom stereocenters. The van der Waals surface area contributed by atoms with Crippen molar-refractivity contribution in [3.05, 3.63) is 29.3 Å². The number of nitrogens with zero attached hydrogens (tertiary/aromatic N) is 1. The van der Waals surface area contributed by atoms with Crippen molar-refractivity contribution in [3.8, 4) is 0 Å². The lowest BCUT2D eigenvalue weighted by molar-refractivity contribution is -0.116. The largest absolute Gasteiger partial charge is 0.325 e. The van der Waals surface area contributed by atoms with Crippen LogP contribution in [-0.4, -0.2) is 38.0 Å². The SMILES string of the molecule is CCS(=O)(=O)N(C)CC(=O)Nc1cccc(Cl)c1. The summed E-state index contributed by atoms with van der Waals surface area (Å²) in [5.74, 6) is -0.440. The first-order valence-electron chi connectivity index (χ1n) is 5.34. The predicted molar refractivity (Wildman–Crippen MR) is 72.2 cm³/mol. The normalized spacial score (nSPS) is 11.6. The van der Waals surface area contributed by atoms with Gasteiger partial charge in [-0.25, -0.2) is 8.42 Å². The second-order valence-electron chi connectivity index (χ2n) is 3.72. The highest BCUT2D eigenvalue weighted by atomic mass is 35.5. The fourth-order valence-electron chi connectivity index (χ4n) is 1.29. The zero-order valence-corrected chi connectivity index (χ0v) is 11.8. The molecule has 0 aliphatic rings. The quantitative estimate of drug-likeness (QED) is 0.895. The molecule has 0 bridgehead atoms. The standard InChI is InChI=1S/C11H15ClN2O3S/c1-3-18(16,17)14(2)8-11(15)13-10-6-4-5-9(12)7-10/h4-7H,3,8H2,1-2H3,(H,13,15). The maximum Gasteiger partial charge on any atom is 0.239 e. The minimum Gasteiger partial charge on any atom is -0.325 e. The Morgan fingerprint density at radius 1 is 1.44 bits per heavy atom. The summed E-state index contributed by atoms with van der Waals surface area (Å²) in [7, 11) is -1.98. The third kappa shape index (κ3) is 4.29. The lowest BCUT2D eigenvalue weighted by Gasteiger charge is -2.15. The molecule has 1 rings (SSSR count). The molecule has 0 aliphatic heterocycles. The number of rotatable bonds is 5. The van der Waals surface area contributed by atoms with Crippen LogP contribution in [0.2, 0.25) is 5.02 Å². The maximum atomic E-state index is 11.6. The highest BCUT2D eigenvalue weighted by molar-refractivity contribution is 7.89. The molecular formula is C11H15ClN2O3S. The van der Waals surface area contributed by atoms with Crippen LogP contribution < -0.4 is 5.32 Å². The fraction of sp³-hybridized carbons (Fsp3) is 0.364. The summed E-state index contributed by atoms with van der Waals surface area (Å²) in [4.78, 5) is 11.6. The Morgan fingerprint density at radius 3 is 2.67 bits per heavy atom. The van der Waals surface area contributed by atoms with Gasteiger partial charge in [-0.2, -0.15) is 4.31 Å². The molecule has 0 fully saturated rings. The van der Waals surface area contributed by atoms with E-state index in [9.17, 15) is 13.2 Å². The molecule has 1 N–H and O–H groups in total. The van der Waals surface area contributed by atoms with Crippen molar-refractivity contribution >= 4 is 33.2 Å². The van der Waals surface area contributed by atoms with Crippen LogP contribution in [-0.2, 0) is 14.8 Å². The molecule has 7 heteroatoms. The van der Waals surface area contributed by atoms with E-state index in [1.165, 1.54) is 14.0 Å². The van der Waals surface area contributed by atoms with Crippen LogP contribution in [0.25, 0.3) is 0 Å². The topological polar surface area (TPSA) is 66.5 Å². The van der Waals surface area contributed by atoms with E-state index < -0.39 is 15.9 Å². The van der Waals surface area contributed by atoms with Gasteiger partial charge >= 0.3 is 0 Å². The molecule has 0 saturated heterocycles. The van der Waals surface area contributed by atoms with Crippen LogP contribution in [0.3, 0.4) is 0 Å². The van der Waals surface area contributed by atoms with Crippen LogP contribution in [0.4, 0.5) is 5.69 Å². The van der Waals surface area contributed by atoms with Gasteiger partial charge in [0.2, 0.25) is 15.9 Å². The zero-order chi connectivity index (χ0) is 13.8. The van der Waals surface area contributed by atoms with Gasteiger partial charge in [0, 0.05) is 17.8 Å². The molecule has 0 aromatic heterocycles. The average Bonchev–Trinajstić information content (AvgIpc) is 2.28. The smallest absolute Gasteiger partial charge is 0.239 e. The first kappa shape index (κ1) is 14.9. The molecule has 0 radical (unpaired) electrons. The Labute approximate surface area is 112 Å². The van der Waals surface area contributed by atoms with Crippen molar-refractivity contribution in [2.75, 3.05) is 24.7 Å². The number of sulfonamides is 1. The summed E-state index contributed by atoms with van der Waals surface area (Å²) < 4.78 is 24.0. The van der Waals surface area contributed by atoms with Gasteiger partial charge in [-0.1, -0.05) is 17.7 Å². The van der Waals surface area contributed by atoms with Crippen LogP contribution in [0.5, 0.6) is 0 Å². The number of halogens is 1. The number of hydrogen-bond donors (Lipinski definition) is 1. The van der Waals surface area contributed by atoms with Gasteiger partial charge in [-0.3, -0.25) is 4.79 Å². The highest BCUT2D eigenvalue weighted by Crippen LogP contribution is 2.14. The number of carbonyl (C=O) groups is 1. The molecule has 0 heterocycles. The second-order valence-corrected chi connectivity index (χ2v) is 6.52. The van der Waals surface area contributed by atoms with Crippen LogP contribution in [0.1, 0.15) is 6.92 Å². The van der Waals surface area contributed by atoms with E-state index in [0.717, 1.165) is 4.31 Å². The Morgan fingerprint density at radius 2 is 2.11 bits per heavy atom. The summed E-state index contributed by atoms with van der Waals surface area (Å²) in [5, 5.41) is 3.08. The number of likely N-dealkylation sites (N-methyl/N-ethyl adjacent to an activating group) is 1. The maximum absolute atomic E-state index is 11.6. The summed E-state index contributed by atoms with van der Waals surface area (Å²) in [5.41, 5.74) is 0.537. The Bertz CT molecular complexity index is 531. The van der Waals surface area contributed by atoms with E-state index in [1.807, 2.05) is 0 Å². The van der Waals surface area contributed by atoms with E-state index in [0.29, 0.717) is 10.7 Å². The summed E-state index contributed by atoms with van der Waals surface area (Å²) in [6, 6.07) is 6.65. The van der Waals surface area contributed by atoms with Gasteiger partial charge in [0.25, 0.3) is 0 Å². The zero-order valence-electron chi connectivity index (χ0n) is 10.2. The fourth-order valence-corrected chi connectivity index (χ4v) is 2.23. The minimum absolute atomic E-state index is 0.0338.